The molecule has 25 heavy (non-hydrogen) atoms. The van der Waals surface area contributed by atoms with Gasteiger partial charge in [0, 0.05) is 0 Å². The largest absolute Gasteiger partial charge is 0.530 e. The number of para-hydroxylation sites is 3. The fraction of sp³-hybridized carbons (Fsp3) is 0. The molecule has 0 amide bonds. The van der Waals surface area contributed by atoms with E-state index in [1.807, 2.05) is 72.8 Å². The fourth-order valence-corrected chi connectivity index (χ4v) is 4.94. The lowest BCUT2D eigenvalue weighted by Gasteiger charge is -2.19. The third-order valence-electron chi connectivity index (χ3n) is 3.03. The highest BCUT2D eigenvalue weighted by Crippen LogP contribution is 2.45. The molecule has 0 saturated carbocycles. The summed E-state index contributed by atoms with van der Waals surface area (Å²) in [4.78, 5) is 0. The lowest BCUT2D eigenvalue weighted by molar-refractivity contribution is 0.385. The molecule has 0 aliphatic carbocycles. The van der Waals surface area contributed by atoms with Crippen LogP contribution in [0.3, 0.4) is 0 Å². The first-order valence-corrected chi connectivity index (χ1v) is 11.5. The smallest absolute Gasteiger partial charge is 0.407 e. The average molecular weight is 688 g/mol. The molecule has 0 atom stereocenters. The first-order chi connectivity index (χ1) is 12.1. The molecular formula is C18H12I3O3P. The Hall–Kier alpha value is -0.320. The first kappa shape index (κ1) is 19.4. The van der Waals surface area contributed by atoms with Crippen molar-refractivity contribution >= 4 is 76.4 Å². The molecule has 0 spiro atoms. The molecule has 3 aromatic carbocycles. The summed E-state index contributed by atoms with van der Waals surface area (Å²) in [5.41, 5.74) is 0. The second-order valence-corrected chi connectivity index (χ2v) is 9.27. The van der Waals surface area contributed by atoms with E-state index in [1.54, 1.807) is 0 Å². The van der Waals surface area contributed by atoms with E-state index in [0.717, 1.165) is 28.0 Å². The third kappa shape index (κ3) is 5.58. The zero-order chi connectivity index (χ0) is 17.6. The Morgan fingerprint density at radius 2 is 0.760 bits per heavy atom. The van der Waals surface area contributed by atoms with Crippen LogP contribution in [0.2, 0.25) is 0 Å². The number of hydrogen-bond donors (Lipinski definition) is 0. The fourth-order valence-electron chi connectivity index (χ4n) is 1.85. The summed E-state index contributed by atoms with van der Waals surface area (Å²) in [5, 5.41) is 0. The van der Waals surface area contributed by atoms with Gasteiger partial charge < -0.3 is 13.6 Å². The maximum Gasteiger partial charge on any atom is 0.530 e. The number of hydrogen-bond acceptors (Lipinski definition) is 3. The minimum Gasteiger partial charge on any atom is -0.407 e. The quantitative estimate of drug-likeness (QED) is 0.202. The van der Waals surface area contributed by atoms with Gasteiger partial charge in [-0.25, -0.2) is 0 Å². The predicted octanol–water partition coefficient (Wildman–Crippen LogP) is 7.26. The molecule has 7 heteroatoms. The van der Waals surface area contributed by atoms with Crippen LogP contribution in [0.15, 0.2) is 72.8 Å². The Morgan fingerprint density at radius 1 is 0.480 bits per heavy atom. The Bertz CT molecular complexity index is 747. The van der Waals surface area contributed by atoms with Gasteiger partial charge in [0.2, 0.25) is 0 Å². The molecule has 128 valence electrons. The molecule has 0 aliphatic heterocycles. The van der Waals surface area contributed by atoms with Crippen LogP contribution in [-0.4, -0.2) is 0 Å². The Labute approximate surface area is 188 Å². The van der Waals surface area contributed by atoms with Crippen LogP contribution in [0.4, 0.5) is 0 Å². The second-order valence-electron chi connectivity index (χ2n) is 4.79. The van der Waals surface area contributed by atoms with Crippen molar-refractivity contribution in [3.8, 4) is 17.2 Å². The molecule has 3 rings (SSSR count). The van der Waals surface area contributed by atoms with Crippen LogP contribution in [0.5, 0.6) is 17.2 Å². The van der Waals surface area contributed by atoms with Crippen molar-refractivity contribution in [3.05, 3.63) is 83.5 Å². The van der Waals surface area contributed by atoms with E-state index in [4.69, 9.17) is 13.6 Å². The Kier molecular flexibility index (Phi) is 7.44. The van der Waals surface area contributed by atoms with Crippen molar-refractivity contribution in [1.82, 2.24) is 0 Å². The van der Waals surface area contributed by atoms with Gasteiger partial charge in [-0.15, -0.1) is 0 Å². The van der Waals surface area contributed by atoms with Gasteiger partial charge in [0.15, 0.2) is 0 Å². The molecule has 0 N–H and O–H groups in total. The molecule has 0 aromatic heterocycles. The van der Waals surface area contributed by atoms with Crippen molar-refractivity contribution in [2.45, 2.75) is 0 Å². The second kappa shape index (κ2) is 9.57. The molecule has 0 radical (unpaired) electrons. The van der Waals surface area contributed by atoms with Crippen molar-refractivity contribution in [1.29, 1.82) is 0 Å². The highest BCUT2D eigenvalue weighted by Gasteiger charge is 2.22. The van der Waals surface area contributed by atoms with Gasteiger partial charge in [0.1, 0.15) is 17.2 Å². The Balaban J connectivity index is 1.86. The molecule has 0 unspecified atom stereocenters. The van der Waals surface area contributed by atoms with Crippen LogP contribution in [0.25, 0.3) is 0 Å². The van der Waals surface area contributed by atoms with Crippen molar-refractivity contribution < 1.29 is 13.6 Å². The lowest BCUT2D eigenvalue weighted by Crippen LogP contribution is -2.04. The molecule has 3 nitrogen and oxygen atoms in total. The van der Waals surface area contributed by atoms with Gasteiger partial charge in [-0.2, -0.15) is 0 Å². The number of benzene rings is 3. The van der Waals surface area contributed by atoms with Crippen LogP contribution < -0.4 is 13.6 Å². The topological polar surface area (TPSA) is 27.7 Å². The highest BCUT2D eigenvalue weighted by atomic mass is 127. The summed E-state index contributed by atoms with van der Waals surface area (Å²) >= 11 is 6.72. The SMILES string of the molecule is Ic1ccccc1OP(Oc1ccccc1I)Oc1ccccc1I. The predicted molar refractivity (Wildman–Crippen MR) is 126 cm³/mol. The summed E-state index contributed by atoms with van der Waals surface area (Å²) in [7, 11) is -1.65. The van der Waals surface area contributed by atoms with Gasteiger partial charge in [-0.3, -0.25) is 0 Å². The van der Waals surface area contributed by atoms with E-state index in [2.05, 4.69) is 67.8 Å². The minimum absolute atomic E-state index is 0.742. The summed E-state index contributed by atoms with van der Waals surface area (Å²) in [5.74, 6) is 2.23. The van der Waals surface area contributed by atoms with Gasteiger partial charge in [-0.05, 0) is 104 Å². The minimum atomic E-state index is -1.65. The maximum absolute atomic E-state index is 6.07. The summed E-state index contributed by atoms with van der Waals surface area (Å²) < 4.78 is 21.2. The van der Waals surface area contributed by atoms with Crippen LogP contribution in [0, 0.1) is 10.7 Å². The molecule has 0 aliphatic rings. The van der Waals surface area contributed by atoms with Gasteiger partial charge in [-0.1, -0.05) is 36.4 Å². The maximum atomic E-state index is 6.07. The van der Waals surface area contributed by atoms with Gasteiger partial charge >= 0.3 is 8.60 Å². The summed E-state index contributed by atoms with van der Waals surface area (Å²) in [6, 6.07) is 23.4. The van der Waals surface area contributed by atoms with Gasteiger partial charge in [0.05, 0.1) is 10.7 Å². The molecule has 3 aromatic rings. The monoisotopic (exact) mass is 688 g/mol. The zero-order valence-electron chi connectivity index (χ0n) is 12.7. The average Bonchev–Trinajstić information content (AvgIpc) is 2.61. The van der Waals surface area contributed by atoms with Crippen molar-refractivity contribution in [3.63, 3.8) is 0 Å². The van der Waals surface area contributed by atoms with E-state index in [9.17, 15) is 0 Å². The highest BCUT2D eigenvalue weighted by molar-refractivity contribution is 14.1. The first-order valence-electron chi connectivity index (χ1n) is 7.21. The van der Waals surface area contributed by atoms with Crippen LogP contribution in [0.1, 0.15) is 0 Å². The molecule has 0 fully saturated rings. The van der Waals surface area contributed by atoms with Crippen molar-refractivity contribution in [2.24, 2.45) is 0 Å². The normalized spacial score (nSPS) is 10.6. The number of halogens is 3. The van der Waals surface area contributed by atoms with E-state index in [1.165, 1.54) is 0 Å². The lowest BCUT2D eigenvalue weighted by atomic mass is 10.3. The van der Waals surface area contributed by atoms with E-state index in [-0.39, 0.29) is 0 Å². The van der Waals surface area contributed by atoms with E-state index >= 15 is 0 Å². The van der Waals surface area contributed by atoms with E-state index < -0.39 is 8.60 Å². The summed E-state index contributed by atoms with van der Waals surface area (Å²) in [6.07, 6.45) is 0. The zero-order valence-corrected chi connectivity index (χ0v) is 20.1. The van der Waals surface area contributed by atoms with Gasteiger partial charge in [0.25, 0.3) is 0 Å². The molecule has 0 saturated heterocycles. The van der Waals surface area contributed by atoms with Crippen LogP contribution >= 0.6 is 76.4 Å². The molecular weight excluding hydrogens is 676 g/mol. The molecule has 0 heterocycles. The Morgan fingerprint density at radius 3 is 1.04 bits per heavy atom. The summed E-state index contributed by atoms with van der Waals surface area (Å²) in [6.45, 7) is 0. The molecule has 0 bridgehead atoms. The van der Waals surface area contributed by atoms with E-state index in [0.29, 0.717) is 0 Å². The van der Waals surface area contributed by atoms with Crippen molar-refractivity contribution in [2.75, 3.05) is 0 Å². The van der Waals surface area contributed by atoms with Crippen LogP contribution in [-0.2, 0) is 0 Å². The third-order valence-corrected chi connectivity index (χ3v) is 6.74. The number of rotatable bonds is 6. The standard InChI is InChI=1S/C18H12I3O3P/c19-13-7-1-4-10-16(13)22-25(23-17-11-5-2-8-14(17)20)24-18-12-6-3-9-15(18)21/h1-12H.